The van der Waals surface area contributed by atoms with Crippen molar-refractivity contribution in [3.63, 3.8) is 0 Å². The van der Waals surface area contributed by atoms with Crippen LogP contribution in [-0.2, 0) is 16.8 Å². The molecular weight excluding hydrogens is 572 g/mol. The molecule has 0 bridgehead atoms. The van der Waals surface area contributed by atoms with Gasteiger partial charge in [0.05, 0.1) is 18.4 Å². The SMILES string of the molecule is Cc1cnnn1C[C@]12C[C@H]1[C@@](CF)(c1cc(Br)ccc1F)N=C(N(COCC[Si](C)(C)C)C(=O)O)S2. The van der Waals surface area contributed by atoms with Crippen LogP contribution < -0.4 is 0 Å². The normalized spacial score (nSPS) is 25.3. The van der Waals surface area contributed by atoms with Crippen LogP contribution in [0.1, 0.15) is 17.7 Å². The molecule has 0 saturated heterocycles. The molecule has 0 radical (unpaired) electrons. The van der Waals surface area contributed by atoms with Crippen LogP contribution in [0.3, 0.4) is 0 Å². The first-order chi connectivity index (χ1) is 16.9. The number of aryl methyl sites for hydroxylation is 1. The largest absolute Gasteiger partial charge is 0.465 e. The van der Waals surface area contributed by atoms with Crippen molar-refractivity contribution in [2.24, 2.45) is 10.9 Å². The molecule has 1 aromatic heterocycles. The van der Waals surface area contributed by atoms with Crippen molar-refractivity contribution in [1.82, 2.24) is 19.9 Å². The zero-order chi connectivity index (χ0) is 26.3. The minimum atomic E-state index is -1.57. The lowest BCUT2D eigenvalue weighted by atomic mass is 9.85. The van der Waals surface area contributed by atoms with E-state index in [1.165, 1.54) is 23.9 Å². The smallest absolute Gasteiger partial charge is 0.415 e. The van der Waals surface area contributed by atoms with Gasteiger partial charge < -0.3 is 9.84 Å². The highest BCUT2D eigenvalue weighted by Gasteiger charge is 2.69. The van der Waals surface area contributed by atoms with E-state index >= 15 is 8.78 Å². The van der Waals surface area contributed by atoms with Crippen LogP contribution in [-0.4, -0.2) is 69.1 Å². The molecule has 1 N–H and O–H groups in total. The molecule has 2 aromatic rings. The number of nitrogens with zero attached hydrogens (tertiary/aromatic N) is 5. The van der Waals surface area contributed by atoms with E-state index in [2.05, 4.69) is 50.9 Å². The van der Waals surface area contributed by atoms with E-state index in [1.54, 1.807) is 16.9 Å². The molecule has 2 aliphatic rings. The average molecular weight is 603 g/mol. The number of aliphatic imine (C=N–C) groups is 1. The minimum Gasteiger partial charge on any atom is -0.465 e. The molecule has 0 spiro atoms. The van der Waals surface area contributed by atoms with E-state index < -0.39 is 36.9 Å². The Bertz CT molecular complexity index is 1180. The maximum atomic E-state index is 15.1. The first-order valence-electron chi connectivity index (χ1n) is 11.6. The minimum absolute atomic E-state index is 0.0963. The summed E-state index contributed by atoms with van der Waals surface area (Å²) in [6.07, 6.45) is 0.884. The van der Waals surface area contributed by atoms with Gasteiger partial charge in [0, 0.05) is 35.4 Å². The number of alkyl halides is 1. The molecule has 1 aromatic carbocycles. The Kier molecular flexibility index (Phi) is 7.67. The number of ether oxygens (including phenoxy) is 1. The second kappa shape index (κ2) is 10.1. The molecule has 1 fully saturated rings. The third-order valence-electron chi connectivity index (χ3n) is 6.70. The van der Waals surface area contributed by atoms with Gasteiger partial charge in [0.2, 0.25) is 0 Å². The number of thioether (sulfide) groups is 1. The van der Waals surface area contributed by atoms with E-state index in [4.69, 9.17) is 4.74 Å². The van der Waals surface area contributed by atoms with Crippen molar-refractivity contribution in [2.75, 3.05) is 20.0 Å². The quantitative estimate of drug-likeness (QED) is 0.231. The van der Waals surface area contributed by atoms with Crippen LogP contribution >= 0.6 is 27.7 Å². The molecule has 36 heavy (non-hydrogen) atoms. The number of fused-ring (bicyclic) bond motifs is 1. The third kappa shape index (κ3) is 5.39. The van der Waals surface area contributed by atoms with E-state index in [1.807, 2.05) is 6.92 Å². The number of aromatic nitrogens is 3. The molecule has 13 heteroatoms. The van der Waals surface area contributed by atoms with Crippen LogP contribution in [0.5, 0.6) is 0 Å². The van der Waals surface area contributed by atoms with Crippen LogP contribution in [0.2, 0.25) is 25.7 Å². The predicted molar refractivity (Wildman–Crippen MR) is 141 cm³/mol. The van der Waals surface area contributed by atoms with Gasteiger partial charge in [-0.25, -0.2) is 28.1 Å². The highest BCUT2D eigenvalue weighted by Crippen LogP contribution is 2.67. The number of hydrogen-bond acceptors (Lipinski definition) is 6. The maximum Gasteiger partial charge on any atom is 0.415 e. The van der Waals surface area contributed by atoms with Gasteiger partial charge in [-0.05, 0) is 37.6 Å². The van der Waals surface area contributed by atoms with Crippen molar-refractivity contribution >= 4 is 47.0 Å². The standard InChI is InChI=1S/C23H30BrF2N5O3SSi/c1-15-11-27-29-31(15)13-22-10-19(22)23(12-25,17-9-16(24)5-6-18(17)26)28-20(35-22)30(21(32)33)14-34-7-8-36(2,3)4/h5-6,9,11,19H,7-8,10,12-14H2,1-4H3,(H,32,33)/t19-,22-,23-/m1/s1. The van der Waals surface area contributed by atoms with Crippen LogP contribution in [0.4, 0.5) is 13.6 Å². The summed E-state index contributed by atoms with van der Waals surface area (Å²) in [7, 11) is -1.38. The zero-order valence-corrected chi connectivity index (χ0v) is 24.1. The molecule has 8 nitrogen and oxygen atoms in total. The summed E-state index contributed by atoms with van der Waals surface area (Å²) in [6.45, 7) is 8.05. The summed E-state index contributed by atoms with van der Waals surface area (Å²) < 4.78 is 37.6. The second-order valence-corrected chi connectivity index (χ2v) is 18.5. The van der Waals surface area contributed by atoms with Crippen molar-refractivity contribution in [3.8, 4) is 0 Å². The molecule has 1 aliphatic carbocycles. The molecule has 1 aliphatic heterocycles. The summed E-state index contributed by atoms with van der Waals surface area (Å²) in [5.41, 5.74) is -0.650. The number of benzene rings is 1. The number of rotatable bonds is 9. The van der Waals surface area contributed by atoms with Crippen molar-refractivity contribution in [3.05, 3.63) is 45.9 Å². The lowest BCUT2D eigenvalue weighted by Gasteiger charge is -2.38. The summed E-state index contributed by atoms with van der Waals surface area (Å²) in [5, 5.41) is 18.2. The predicted octanol–water partition coefficient (Wildman–Crippen LogP) is 5.51. The van der Waals surface area contributed by atoms with Gasteiger partial charge in [0.25, 0.3) is 0 Å². The Morgan fingerprint density at radius 3 is 2.78 bits per heavy atom. The number of carbonyl (C=O) groups is 1. The number of amides is 1. The topological polar surface area (TPSA) is 92.8 Å². The second-order valence-electron chi connectivity index (χ2n) is 10.6. The van der Waals surface area contributed by atoms with E-state index in [0.717, 1.165) is 16.6 Å². The summed E-state index contributed by atoms with van der Waals surface area (Å²) >= 11 is 4.63. The molecule has 2 heterocycles. The Balaban J connectivity index is 1.74. The third-order valence-corrected chi connectivity index (χ3v) is 10.4. The average Bonchev–Trinajstić information content (AvgIpc) is 3.39. The van der Waals surface area contributed by atoms with Crippen molar-refractivity contribution in [2.45, 2.75) is 55.9 Å². The molecule has 196 valence electrons. The van der Waals surface area contributed by atoms with Gasteiger partial charge in [0.1, 0.15) is 24.8 Å². The van der Waals surface area contributed by atoms with Gasteiger partial charge in [0.15, 0.2) is 5.17 Å². The number of halogens is 3. The highest BCUT2D eigenvalue weighted by molar-refractivity contribution is 9.10. The molecule has 4 rings (SSSR count). The van der Waals surface area contributed by atoms with Gasteiger partial charge in [-0.15, -0.1) is 5.10 Å². The molecule has 3 atom stereocenters. The number of carboxylic acid groups (broad SMARTS) is 1. The number of amidine groups is 1. The lowest BCUT2D eigenvalue weighted by Crippen LogP contribution is -2.46. The Morgan fingerprint density at radius 2 is 2.17 bits per heavy atom. The van der Waals surface area contributed by atoms with Crippen LogP contribution in [0, 0.1) is 18.7 Å². The maximum absolute atomic E-state index is 15.1. The summed E-state index contributed by atoms with van der Waals surface area (Å²) in [5.74, 6) is -0.948. The summed E-state index contributed by atoms with van der Waals surface area (Å²) in [4.78, 5) is 17.9. The van der Waals surface area contributed by atoms with Gasteiger partial charge in [-0.3, -0.25) is 0 Å². The Morgan fingerprint density at radius 1 is 1.42 bits per heavy atom. The van der Waals surface area contributed by atoms with E-state index in [0.29, 0.717) is 24.0 Å². The Labute approximate surface area is 222 Å². The van der Waals surface area contributed by atoms with Gasteiger partial charge in [-0.2, -0.15) is 0 Å². The van der Waals surface area contributed by atoms with Crippen LogP contribution in [0.25, 0.3) is 0 Å². The Hall–Kier alpha value is -1.83. The lowest BCUT2D eigenvalue weighted by molar-refractivity contribution is 0.0699. The first-order valence-corrected chi connectivity index (χ1v) is 17.0. The van der Waals surface area contributed by atoms with Crippen molar-refractivity contribution in [1.29, 1.82) is 0 Å². The molecule has 0 unspecified atom stereocenters. The van der Waals surface area contributed by atoms with Crippen LogP contribution in [0.15, 0.2) is 33.9 Å². The molecule has 1 saturated carbocycles. The summed E-state index contributed by atoms with van der Waals surface area (Å²) in [6, 6.07) is 5.22. The molecule has 1 amide bonds. The zero-order valence-electron chi connectivity index (χ0n) is 20.7. The number of hydrogen-bond donors (Lipinski definition) is 1. The fourth-order valence-electron chi connectivity index (χ4n) is 4.50. The monoisotopic (exact) mass is 601 g/mol. The van der Waals surface area contributed by atoms with Gasteiger partial charge in [-0.1, -0.05) is 52.5 Å². The molecular formula is C23H30BrF2N5O3SSi. The van der Waals surface area contributed by atoms with E-state index in [9.17, 15) is 9.90 Å². The van der Waals surface area contributed by atoms with E-state index in [-0.39, 0.29) is 23.4 Å². The van der Waals surface area contributed by atoms with Crippen molar-refractivity contribution < 1.29 is 23.4 Å². The highest BCUT2D eigenvalue weighted by atomic mass is 79.9. The fourth-order valence-corrected chi connectivity index (χ4v) is 7.20. The fraction of sp³-hybridized carbons (Fsp3) is 0.565. The van der Waals surface area contributed by atoms with Gasteiger partial charge >= 0.3 is 6.09 Å². The first kappa shape index (κ1) is 27.2.